The molecule has 4 N–H and O–H groups in total. The minimum absolute atomic E-state index is 0. The maximum Gasteiger partial charge on any atom is 1.00 e. The van der Waals surface area contributed by atoms with Crippen molar-refractivity contribution >= 4 is 17.1 Å². The van der Waals surface area contributed by atoms with E-state index in [2.05, 4.69) is 15.0 Å². The number of anilines is 1. The summed E-state index contributed by atoms with van der Waals surface area (Å²) in [6.45, 7) is 0.304. The van der Waals surface area contributed by atoms with Crippen LogP contribution in [0.25, 0.3) is 11.2 Å². The first-order valence-electron chi connectivity index (χ1n) is 5.52. The fraction of sp³-hybridized carbons (Fsp3) is 0.500. The largest absolute Gasteiger partial charge is 1.00 e. The zero-order valence-electron chi connectivity index (χ0n) is 10.7. The van der Waals surface area contributed by atoms with Crippen LogP contribution in [-0.4, -0.2) is 42.9 Å². The molecule has 2 heterocycles. The Balaban J connectivity index is 0.00000180. The summed E-state index contributed by atoms with van der Waals surface area (Å²) in [6.07, 6.45) is 2.03. The number of hydrogen-bond donors (Lipinski definition) is 3. The second-order valence-corrected chi connectivity index (χ2v) is 4.02. The topological polar surface area (TPSA) is 133 Å². The van der Waals surface area contributed by atoms with Gasteiger partial charge in [0.2, 0.25) is 5.95 Å². The van der Waals surface area contributed by atoms with Crippen molar-refractivity contribution < 1.29 is 44.9 Å². The number of aliphatic hydroxyl groups excluding tert-OH is 2. The van der Waals surface area contributed by atoms with Crippen LogP contribution >= 0.6 is 0 Å². The van der Waals surface area contributed by atoms with Crippen LogP contribution in [0, 0.1) is 5.92 Å². The van der Waals surface area contributed by atoms with Gasteiger partial charge in [-0.25, -0.2) is 9.97 Å². The number of aryl methyl sites for hydroxylation is 1. The Labute approximate surface area is 131 Å². The van der Waals surface area contributed by atoms with Crippen LogP contribution < -0.4 is 40.4 Å². The van der Waals surface area contributed by atoms with Crippen molar-refractivity contribution in [1.82, 2.24) is 19.5 Å². The standard InChI is InChI=1S/C10H15N5O3.Na/c11-10-13-8-7(9(18)14-10)12-5-15(8)2-1-6(3-16)4-17;/h5-6,16-17H,1-4H2,(H3,11,13,14,18);/q;+1/p-1. The Hall–Kier alpha value is -0.930. The van der Waals surface area contributed by atoms with Crippen molar-refractivity contribution in [3.05, 3.63) is 6.33 Å². The molecule has 19 heavy (non-hydrogen) atoms. The molecule has 8 nitrogen and oxygen atoms in total. The van der Waals surface area contributed by atoms with E-state index in [0.717, 1.165) is 0 Å². The summed E-state index contributed by atoms with van der Waals surface area (Å²) < 4.78 is 1.66. The van der Waals surface area contributed by atoms with Crippen LogP contribution in [0.2, 0.25) is 0 Å². The van der Waals surface area contributed by atoms with E-state index in [1.165, 1.54) is 6.33 Å². The number of aliphatic hydroxyl groups is 2. The van der Waals surface area contributed by atoms with E-state index in [0.29, 0.717) is 18.6 Å². The van der Waals surface area contributed by atoms with Crippen LogP contribution in [0.1, 0.15) is 6.42 Å². The maximum absolute atomic E-state index is 11.5. The van der Waals surface area contributed by atoms with E-state index < -0.39 is 5.88 Å². The Morgan fingerprint density at radius 2 is 2.00 bits per heavy atom. The fourth-order valence-corrected chi connectivity index (χ4v) is 1.66. The summed E-state index contributed by atoms with van der Waals surface area (Å²) in [5.41, 5.74) is 5.97. The van der Waals surface area contributed by atoms with Crippen LogP contribution in [0.5, 0.6) is 5.88 Å². The molecule has 0 radical (unpaired) electrons. The molecule has 2 aromatic rings. The molecule has 0 unspecified atom stereocenters. The SMILES string of the molecule is Nc1nc([O-])c2ncn(CCC(CO)CO)c2n1.[Na+]. The molecule has 0 saturated heterocycles. The minimum Gasteiger partial charge on any atom is -0.857 e. The second-order valence-electron chi connectivity index (χ2n) is 4.02. The molecular weight excluding hydrogens is 261 g/mol. The fourth-order valence-electron chi connectivity index (χ4n) is 1.66. The van der Waals surface area contributed by atoms with Gasteiger partial charge < -0.3 is 25.6 Å². The average Bonchev–Trinajstić information content (AvgIpc) is 2.74. The van der Waals surface area contributed by atoms with Gasteiger partial charge in [-0.05, 0) is 6.42 Å². The number of nitrogen functional groups attached to an aromatic ring is 1. The summed E-state index contributed by atoms with van der Waals surface area (Å²) in [5, 5.41) is 29.4. The number of aromatic nitrogens is 4. The van der Waals surface area contributed by atoms with Gasteiger partial charge in [0.15, 0.2) is 5.65 Å². The van der Waals surface area contributed by atoms with E-state index in [1.807, 2.05) is 0 Å². The van der Waals surface area contributed by atoms with Crippen molar-refractivity contribution in [2.24, 2.45) is 5.92 Å². The summed E-state index contributed by atoms with van der Waals surface area (Å²) >= 11 is 0. The first-order chi connectivity index (χ1) is 8.65. The Kier molecular flexibility index (Phi) is 5.95. The third-order valence-corrected chi connectivity index (χ3v) is 2.74. The molecule has 0 aromatic carbocycles. The Morgan fingerprint density at radius 1 is 1.32 bits per heavy atom. The average molecular weight is 275 g/mol. The van der Waals surface area contributed by atoms with E-state index in [-0.39, 0.29) is 60.2 Å². The molecular formula is C10H14N5NaO3. The molecule has 0 saturated carbocycles. The van der Waals surface area contributed by atoms with Gasteiger partial charge in [0.1, 0.15) is 5.52 Å². The van der Waals surface area contributed by atoms with Gasteiger partial charge >= 0.3 is 29.6 Å². The molecule has 2 rings (SSSR count). The van der Waals surface area contributed by atoms with Gasteiger partial charge in [0.05, 0.1) is 6.33 Å². The predicted molar refractivity (Wildman–Crippen MR) is 61.5 cm³/mol. The van der Waals surface area contributed by atoms with E-state index in [1.54, 1.807) is 4.57 Å². The van der Waals surface area contributed by atoms with E-state index >= 15 is 0 Å². The number of nitrogens with two attached hydrogens (primary N) is 1. The molecule has 0 bridgehead atoms. The van der Waals surface area contributed by atoms with Gasteiger partial charge in [0, 0.05) is 31.6 Å². The number of rotatable bonds is 5. The van der Waals surface area contributed by atoms with Crippen molar-refractivity contribution in [1.29, 1.82) is 0 Å². The number of hydrogen-bond acceptors (Lipinski definition) is 7. The van der Waals surface area contributed by atoms with Crippen molar-refractivity contribution in [2.45, 2.75) is 13.0 Å². The quantitative estimate of drug-likeness (QED) is 0.468. The van der Waals surface area contributed by atoms with Crippen LogP contribution in [0.3, 0.4) is 0 Å². The van der Waals surface area contributed by atoms with Crippen molar-refractivity contribution in [2.75, 3.05) is 18.9 Å². The van der Waals surface area contributed by atoms with Gasteiger partial charge in [-0.15, -0.1) is 0 Å². The monoisotopic (exact) mass is 275 g/mol. The summed E-state index contributed by atoms with van der Waals surface area (Å²) in [4.78, 5) is 11.4. The molecule has 0 aliphatic rings. The van der Waals surface area contributed by atoms with Crippen molar-refractivity contribution in [3.63, 3.8) is 0 Å². The van der Waals surface area contributed by atoms with E-state index in [4.69, 9.17) is 15.9 Å². The predicted octanol–water partition coefficient (Wildman–Crippen LogP) is -4.52. The number of nitrogens with zero attached hydrogens (tertiary/aromatic N) is 4. The van der Waals surface area contributed by atoms with Gasteiger partial charge in [0.25, 0.3) is 0 Å². The Bertz CT molecular complexity index is 543. The molecule has 0 aliphatic carbocycles. The summed E-state index contributed by atoms with van der Waals surface area (Å²) in [5.74, 6) is -0.791. The normalized spacial score (nSPS) is 10.9. The maximum atomic E-state index is 11.5. The number of imidazole rings is 1. The minimum atomic E-state index is -0.503. The van der Waals surface area contributed by atoms with Crippen LogP contribution in [0.15, 0.2) is 6.33 Å². The van der Waals surface area contributed by atoms with Gasteiger partial charge in [-0.3, -0.25) is 0 Å². The molecule has 0 aliphatic heterocycles. The van der Waals surface area contributed by atoms with Gasteiger partial charge in [-0.1, -0.05) is 0 Å². The zero-order chi connectivity index (χ0) is 13.1. The molecule has 0 amide bonds. The first-order valence-corrected chi connectivity index (χ1v) is 5.52. The van der Waals surface area contributed by atoms with Crippen LogP contribution in [-0.2, 0) is 6.54 Å². The number of fused-ring (bicyclic) bond motifs is 1. The third-order valence-electron chi connectivity index (χ3n) is 2.74. The Morgan fingerprint density at radius 3 is 2.63 bits per heavy atom. The molecule has 2 aromatic heterocycles. The third kappa shape index (κ3) is 3.54. The molecule has 0 fully saturated rings. The second kappa shape index (κ2) is 7.01. The first kappa shape index (κ1) is 16.1. The summed E-state index contributed by atoms with van der Waals surface area (Å²) in [6, 6.07) is 0. The molecule has 0 atom stereocenters. The van der Waals surface area contributed by atoms with E-state index in [9.17, 15) is 5.11 Å². The van der Waals surface area contributed by atoms with Crippen LogP contribution in [0.4, 0.5) is 5.95 Å². The van der Waals surface area contributed by atoms with Gasteiger partial charge in [-0.2, -0.15) is 4.98 Å². The molecule has 9 heteroatoms. The molecule has 0 spiro atoms. The van der Waals surface area contributed by atoms with Crippen molar-refractivity contribution in [3.8, 4) is 5.88 Å². The smallest absolute Gasteiger partial charge is 0.857 e. The molecule has 98 valence electrons. The zero-order valence-corrected chi connectivity index (χ0v) is 12.7. The summed E-state index contributed by atoms with van der Waals surface area (Å²) in [7, 11) is 0.